The van der Waals surface area contributed by atoms with Crippen molar-refractivity contribution in [3.05, 3.63) is 35.4 Å². The van der Waals surface area contributed by atoms with Crippen LogP contribution in [0.25, 0.3) is 0 Å². The minimum Gasteiger partial charge on any atom is -0.341 e. The zero-order chi connectivity index (χ0) is 23.1. The number of carbonyl (C=O) groups excluding carboxylic acids is 1. The quantitative estimate of drug-likeness (QED) is 0.700. The molecule has 0 aromatic heterocycles. The molecule has 3 atom stereocenters. The molecule has 1 aromatic carbocycles. The van der Waals surface area contributed by atoms with E-state index in [9.17, 15) is 22.0 Å². The Morgan fingerprint density at radius 3 is 2.35 bits per heavy atom. The number of nitrogens with zero attached hydrogens (tertiary/aromatic N) is 3. The third-order valence-electron chi connectivity index (χ3n) is 6.58. The molecule has 2 saturated heterocycles. The van der Waals surface area contributed by atoms with E-state index in [4.69, 9.17) is 0 Å². The molecule has 0 bridgehead atoms. The van der Waals surface area contributed by atoms with Gasteiger partial charge in [0.1, 0.15) is 11.6 Å². The third-order valence-corrected chi connectivity index (χ3v) is 7.98. The molecule has 0 spiro atoms. The van der Waals surface area contributed by atoms with Gasteiger partial charge in [-0.05, 0) is 45.7 Å². The molecule has 3 rings (SSSR count). The summed E-state index contributed by atoms with van der Waals surface area (Å²) in [5.74, 6) is -2.23. The summed E-state index contributed by atoms with van der Waals surface area (Å²) in [6.45, 7) is 9.99. The fraction of sp³-hybridized carbons (Fsp3) is 0.682. The monoisotopic (exact) mass is 457 g/mol. The predicted octanol–water partition coefficient (Wildman–Crippen LogP) is 2.66. The van der Waals surface area contributed by atoms with Crippen LogP contribution in [0.4, 0.5) is 8.78 Å². The third kappa shape index (κ3) is 5.26. The second-order valence-electron chi connectivity index (χ2n) is 9.79. The van der Waals surface area contributed by atoms with E-state index < -0.39 is 27.6 Å². The predicted molar refractivity (Wildman–Crippen MR) is 116 cm³/mol. The topological polar surface area (TPSA) is 60.9 Å². The summed E-state index contributed by atoms with van der Waals surface area (Å²) >= 11 is 0. The Kier molecular flexibility index (Phi) is 6.79. The normalized spacial score (nSPS) is 26.8. The Bertz CT molecular complexity index is 932. The molecule has 2 aliphatic heterocycles. The molecule has 0 saturated carbocycles. The van der Waals surface area contributed by atoms with Crippen LogP contribution >= 0.6 is 0 Å². The molecule has 2 aliphatic rings. The number of carbonyl (C=O) groups is 1. The van der Waals surface area contributed by atoms with Gasteiger partial charge in [0.15, 0.2) is 0 Å². The van der Waals surface area contributed by atoms with Crippen molar-refractivity contribution < 1.29 is 22.0 Å². The highest BCUT2D eigenvalue weighted by atomic mass is 32.2. The van der Waals surface area contributed by atoms with Gasteiger partial charge < -0.3 is 4.90 Å². The Hall–Kier alpha value is -1.58. The summed E-state index contributed by atoms with van der Waals surface area (Å²) in [5.41, 5.74) is 0.150. The van der Waals surface area contributed by atoms with E-state index in [1.165, 1.54) is 22.7 Å². The van der Waals surface area contributed by atoms with E-state index in [2.05, 4.69) is 25.7 Å². The Morgan fingerprint density at radius 2 is 1.77 bits per heavy atom. The fourth-order valence-corrected chi connectivity index (χ4v) is 5.88. The van der Waals surface area contributed by atoms with E-state index >= 15 is 0 Å². The van der Waals surface area contributed by atoms with Gasteiger partial charge in [0, 0.05) is 56.3 Å². The molecule has 6 nitrogen and oxygen atoms in total. The van der Waals surface area contributed by atoms with Crippen molar-refractivity contribution >= 4 is 15.9 Å². The molecule has 1 amide bonds. The van der Waals surface area contributed by atoms with E-state index in [0.717, 1.165) is 6.07 Å². The number of hydrogen-bond acceptors (Lipinski definition) is 4. The number of sulfonamides is 1. The molecule has 0 radical (unpaired) electrons. The Labute approximate surface area is 184 Å². The van der Waals surface area contributed by atoms with Crippen molar-refractivity contribution in [3.63, 3.8) is 0 Å². The van der Waals surface area contributed by atoms with Gasteiger partial charge in [-0.25, -0.2) is 17.2 Å². The van der Waals surface area contributed by atoms with Crippen LogP contribution < -0.4 is 0 Å². The van der Waals surface area contributed by atoms with Gasteiger partial charge in [0.2, 0.25) is 15.9 Å². The molecule has 0 N–H and O–H groups in total. The summed E-state index contributed by atoms with van der Waals surface area (Å²) in [4.78, 5) is 17.5. The number of likely N-dealkylation sites (tertiary alicyclic amines) is 1. The largest absolute Gasteiger partial charge is 0.341 e. The number of halogens is 2. The van der Waals surface area contributed by atoms with Crippen LogP contribution in [0.2, 0.25) is 0 Å². The first-order valence-electron chi connectivity index (χ1n) is 10.7. The van der Waals surface area contributed by atoms with Gasteiger partial charge in [0.05, 0.1) is 12.2 Å². The van der Waals surface area contributed by atoms with Gasteiger partial charge in [-0.1, -0.05) is 6.07 Å². The van der Waals surface area contributed by atoms with Crippen LogP contribution in [0.1, 0.15) is 45.6 Å². The molecular formula is C22H33F2N3O3S. The zero-order valence-corrected chi connectivity index (χ0v) is 19.8. The first-order valence-corrected chi connectivity index (χ1v) is 12.6. The summed E-state index contributed by atoms with van der Waals surface area (Å²) in [5, 5.41) is 0. The lowest BCUT2D eigenvalue weighted by Gasteiger charge is -2.32. The lowest BCUT2D eigenvalue weighted by atomic mass is 9.87. The summed E-state index contributed by atoms with van der Waals surface area (Å²) in [7, 11) is -3.36. The van der Waals surface area contributed by atoms with Crippen molar-refractivity contribution in [2.45, 2.75) is 51.6 Å². The molecule has 174 valence electrons. The first-order chi connectivity index (χ1) is 14.3. The molecule has 0 aliphatic carbocycles. The molecule has 2 fully saturated rings. The van der Waals surface area contributed by atoms with Gasteiger partial charge in [-0.2, -0.15) is 4.31 Å². The Morgan fingerprint density at radius 1 is 1.10 bits per heavy atom. The average molecular weight is 458 g/mol. The molecule has 1 unspecified atom stereocenters. The lowest BCUT2D eigenvalue weighted by molar-refractivity contribution is -0.135. The molecule has 2 heterocycles. The van der Waals surface area contributed by atoms with Gasteiger partial charge in [-0.15, -0.1) is 0 Å². The average Bonchev–Trinajstić information content (AvgIpc) is 2.98. The van der Waals surface area contributed by atoms with Crippen molar-refractivity contribution in [1.29, 1.82) is 0 Å². The number of amides is 1. The van der Waals surface area contributed by atoms with E-state index in [1.807, 2.05) is 6.92 Å². The second kappa shape index (κ2) is 8.75. The highest BCUT2D eigenvalue weighted by Crippen LogP contribution is 2.38. The van der Waals surface area contributed by atoms with Crippen molar-refractivity contribution in [1.82, 2.24) is 14.1 Å². The summed E-state index contributed by atoms with van der Waals surface area (Å²) in [6, 6.07) is 3.36. The molecule has 31 heavy (non-hydrogen) atoms. The van der Waals surface area contributed by atoms with Crippen LogP contribution in [-0.4, -0.2) is 79.0 Å². The van der Waals surface area contributed by atoms with Gasteiger partial charge in [-0.3, -0.25) is 9.69 Å². The Balaban J connectivity index is 1.87. The maximum absolute atomic E-state index is 14.6. The number of benzene rings is 1. The van der Waals surface area contributed by atoms with E-state index in [0.29, 0.717) is 38.2 Å². The maximum atomic E-state index is 14.6. The second-order valence-corrected chi connectivity index (χ2v) is 11.7. The summed E-state index contributed by atoms with van der Waals surface area (Å²) < 4.78 is 53.7. The minimum atomic E-state index is -3.36. The van der Waals surface area contributed by atoms with Gasteiger partial charge in [0.25, 0.3) is 0 Å². The first kappa shape index (κ1) is 24.1. The molecular weight excluding hydrogens is 424 g/mol. The zero-order valence-electron chi connectivity index (χ0n) is 18.9. The summed E-state index contributed by atoms with van der Waals surface area (Å²) in [6.07, 6.45) is 1.73. The molecule has 1 aromatic rings. The number of rotatable bonds is 3. The van der Waals surface area contributed by atoms with Crippen LogP contribution in [0, 0.1) is 17.6 Å². The van der Waals surface area contributed by atoms with Crippen LogP contribution in [0.3, 0.4) is 0 Å². The minimum absolute atomic E-state index is 0.0944. The molecule has 9 heteroatoms. The van der Waals surface area contributed by atoms with E-state index in [-0.39, 0.29) is 30.0 Å². The maximum Gasteiger partial charge on any atom is 0.227 e. The van der Waals surface area contributed by atoms with Crippen LogP contribution in [0.5, 0.6) is 0 Å². The van der Waals surface area contributed by atoms with Gasteiger partial charge >= 0.3 is 0 Å². The van der Waals surface area contributed by atoms with E-state index in [1.54, 1.807) is 4.90 Å². The smallest absolute Gasteiger partial charge is 0.227 e. The van der Waals surface area contributed by atoms with Crippen molar-refractivity contribution in [3.8, 4) is 0 Å². The lowest BCUT2D eigenvalue weighted by Crippen LogP contribution is -2.43. The van der Waals surface area contributed by atoms with Crippen LogP contribution in [0.15, 0.2) is 18.2 Å². The standard InChI is InChI=1S/C22H33F2N3O3S/c1-15-8-9-25(10-11-27(15)31(5,29)30)21(28)19-14-26(22(2,3)4)13-18(19)17-7-6-16(23)12-20(17)24/h6-7,12,15,18-19H,8-11,13-14H2,1-5H3/t15?,18-,19+/m0/s1. The van der Waals surface area contributed by atoms with Crippen LogP contribution in [-0.2, 0) is 14.8 Å². The fourth-order valence-electron chi connectivity index (χ4n) is 4.70. The van der Waals surface area contributed by atoms with Crippen molar-refractivity contribution in [2.75, 3.05) is 39.0 Å². The number of hydrogen-bond donors (Lipinski definition) is 0. The van der Waals surface area contributed by atoms with Crippen molar-refractivity contribution in [2.24, 2.45) is 5.92 Å². The highest BCUT2D eigenvalue weighted by molar-refractivity contribution is 7.88. The highest BCUT2D eigenvalue weighted by Gasteiger charge is 2.44. The SMILES string of the molecule is CC1CCN(C(=O)[C@@H]2CN(C(C)(C)C)C[C@H]2c2ccc(F)cc2F)CCN1S(C)(=O)=O.